The largest absolute Gasteiger partial charge is 1.00 e. The van der Waals surface area contributed by atoms with E-state index < -0.39 is 27.8 Å². The van der Waals surface area contributed by atoms with Gasteiger partial charge in [-0.3, -0.25) is 0 Å². The molecule has 0 rings (SSSR count). The van der Waals surface area contributed by atoms with E-state index >= 15 is 0 Å². The predicted molar refractivity (Wildman–Crippen MR) is 30.9 cm³/mol. The van der Waals surface area contributed by atoms with Crippen molar-refractivity contribution in [2.75, 3.05) is 6.61 Å². The van der Waals surface area contributed by atoms with Crippen molar-refractivity contribution >= 4 is 10.1 Å². The summed E-state index contributed by atoms with van der Waals surface area (Å²) in [5.41, 5.74) is 0. The van der Waals surface area contributed by atoms with Crippen LogP contribution in [0.5, 0.6) is 0 Å². The van der Waals surface area contributed by atoms with Crippen molar-refractivity contribution in [2.24, 2.45) is 0 Å². The Morgan fingerprint density at radius 2 is 1.92 bits per heavy atom. The molecule has 0 unspecified atom stereocenters. The predicted octanol–water partition coefficient (Wildman–Crippen LogP) is -3.03. The minimum absolute atomic E-state index is 0. The van der Waals surface area contributed by atoms with Crippen LogP contribution < -0.4 is 29.6 Å². The number of aliphatic hydroxyl groups excluding tert-OH is 1. The Labute approximate surface area is 94.5 Å². The Bertz CT molecular complexity index is 286. The van der Waals surface area contributed by atoms with Gasteiger partial charge in [0.05, 0.1) is 6.61 Å². The van der Waals surface area contributed by atoms with Gasteiger partial charge in [0.1, 0.15) is 0 Å². The van der Waals surface area contributed by atoms with E-state index in [0.29, 0.717) is 0 Å². The molecule has 9 heteroatoms. The molecule has 0 saturated carbocycles. The molecule has 0 aromatic heterocycles. The summed E-state index contributed by atoms with van der Waals surface area (Å²) in [6.45, 7) is -1.11. The number of alkyl halides is 2. The fourth-order valence-electron chi connectivity index (χ4n) is 0.318. The average Bonchev–Trinajstić information content (AvgIpc) is 1.85. The molecule has 0 amide bonds. The van der Waals surface area contributed by atoms with E-state index in [1.165, 1.54) is 0 Å². The summed E-state index contributed by atoms with van der Waals surface area (Å²) in [5.74, 6) is -2.47. The van der Waals surface area contributed by atoms with Gasteiger partial charge < -0.3 is 9.66 Å². The van der Waals surface area contributed by atoms with Gasteiger partial charge in [-0.05, 0) is 6.08 Å². The number of hydrogen-bond donors (Lipinski definition) is 1. The van der Waals surface area contributed by atoms with Gasteiger partial charge >= 0.3 is 34.8 Å². The van der Waals surface area contributed by atoms with Gasteiger partial charge in [0, 0.05) is 0 Å². The summed E-state index contributed by atoms with van der Waals surface area (Å²) in [6.07, 6.45) is -0.102. The smallest absolute Gasteiger partial charge is 0.743 e. The first kappa shape index (κ1) is 15.9. The number of rotatable bonds is 3. The van der Waals surface area contributed by atoms with Gasteiger partial charge in [0.15, 0.2) is 15.9 Å². The minimum atomic E-state index is -6.06. The molecule has 0 radical (unpaired) electrons. The van der Waals surface area contributed by atoms with Crippen molar-refractivity contribution in [2.45, 2.75) is 5.25 Å². The maximum Gasteiger partial charge on any atom is 1.00 e. The van der Waals surface area contributed by atoms with E-state index in [2.05, 4.69) is 0 Å². The van der Waals surface area contributed by atoms with E-state index in [0.717, 1.165) is 0 Å². The monoisotopic (exact) mass is 228 g/mol. The molecular formula is C4H4F3NaO4S. The SMILES string of the molecule is O=S(=O)([O-])C(F)(F)C(F)=CCO.[Na+]. The first-order valence-corrected chi connectivity index (χ1v) is 3.94. The van der Waals surface area contributed by atoms with E-state index in [1.54, 1.807) is 0 Å². The second-order valence-corrected chi connectivity index (χ2v) is 3.13. The second kappa shape index (κ2) is 5.32. The number of aliphatic hydroxyl groups is 1. The molecule has 0 heterocycles. The molecular weight excluding hydrogens is 224 g/mol. The number of halogens is 3. The van der Waals surface area contributed by atoms with Gasteiger partial charge in [-0.15, -0.1) is 0 Å². The van der Waals surface area contributed by atoms with E-state index in [1.807, 2.05) is 0 Å². The molecule has 0 aliphatic rings. The summed E-state index contributed by atoms with van der Waals surface area (Å²) in [5, 5.41) is 2.82. The molecule has 0 fully saturated rings. The zero-order chi connectivity index (χ0) is 9.99. The van der Waals surface area contributed by atoms with Gasteiger partial charge in [-0.1, -0.05) is 0 Å². The van der Waals surface area contributed by atoms with Crippen LogP contribution in [0.1, 0.15) is 0 Å². The molecule has 0 aliphatic heterocycles. The Hall–Kier alpha value is 0.400. The molecule has 72 valence electrons. The summed E-state index contributed by atoms with van der Waals surface area (Å²) < 4.78 is 65.3. The molecule has 0 aliphatic carbocycles. The zero-order valence-electron chi connectivity index (χ0n) is 6.50. The second-order valence-electron chi connectivity index (χ2n) is 1.71. The van der Waals surface area contributed by atoms with Crippen LogP contribution >= 0.6 is 0 Å². The molecule has 0 atom stereocenters. The fraction of sp³-hybridized carbons (Fsp3) is 0.500. The van der Waals surface area contributed by atoms with Crippen molar-refractivity contribution < 1.29 is 60.8 Å². The van der Waals surface area contributed by atoms with Crippen LogP contribution in [0.15, 0.2) is 11.9 Å². The quantitative estimate of drug-likeness (QED) is 0.412. The molecule has 4 nitrogen and oxygen atoms in total. The van der Waals surface area contributed by atoms with Crippen LogP contribution in [-0.2, 0) is 10.1 Å². The van der Waals surface area contributed by atoms with Gasteiger partial charge in [-0.25, -0.2) is 12.8 Å². The van der Waals surface area contributed by atoms with Crippen LogP contribution in [0.3, 0.4) is 0 Å². The molecule has 0 bridgehead atoms. The van der Waals surface area contributed by atoms with Crippen LogP contribution in [0.2, 0.25) is 0 Å². The van der Waals surface area contributed by atoms with Gasteiger partial charge in [0.2, 0.25) is 0 Å². The maximum atomic E-state index is 12.1. The van der Waals surface area contributed by atoms with Crippen molar-refractivity contribution in [3.8, 4) is 0 Å². The minimum Gasteiger partial charge on any atom is -0.743 e. The Morgan fingerprint density at radius 1 is 1.54 bits per heavy atom. The topological polar surface area (TPSA) is 77.4 Å². The summed E-state index contributed by atoms with van der Waals surface area (Å²) in [6, 6.07) is 0. The maximum absolute atomic E-state index is 12.1. The van der Waals surface area contributed by atoms with Crippen LogP contribution in [0.25, 0.3) is 0 Å². The average molecular weight is 228 g/mol. The third kappa shape index (κ3) is 3.96. The third-order valence-corrected chi connectivity index (χ3v) is 1.69. The first-order chi connectivity index (χ1) is 5.23. The van der Waals surface area contributed by atoms with Crippen molar-refractivity contribution in [1.29, 1.82) is 0 Å². The van der Waals surface area contributed by atoms with Crippen molar-refractivity contribution in [1.82, 2.24) is 0 Å². The third-order valence-electron chi connectivity index (χ3n) is 0.863. The van der Waals surface area contributed by atoms with Gasteiger partial charge in [0.25, 0.3) is 0 Å². The van der Waals surface area contributed by atoms with Crippen LogP contribution in [0, 0.1) is 0 Å². The Morgan fingerprint density at radius 3 is 2.15 bits per heavy atom. The molecule has 0 aromatic carbocycles. The van der Waals surface area contributed by atoms with Gasteiger partial charge in [-0.2, -0.15) is 8.78 Å². The normalized spacial score (nSPS) is 13.8. The van der Waals surface area contributed by atoms with E-state index in [9.17, 15) is 26.1 Å². The zero-order valence-corrected chi connectivity index (χ0v) is 9.32. The molecule has 1 N–H and O–H groups in total. The Kier molecular flexibility index (Phi) is 6.49. The number of hydrogen-bond acceptors (Lipinski definition) is 4. The standard InChI is InChI=1S/C4H5F3O4S.Na/c5-3(1-2-8)4(6,7)12(9,10)11;/h1,8H,2H2,(H,9,10,11);/q;+1/p-1. The first-order valence-electron chi connectivity index (χ1n) is 2.53. The summed E-state index contributed by atoms with van der Waals surface area (Å²) in [7, 11) is -6.06. The van der Waals surface area contributed by atoms with Crippen molar-refractivity contribution in [3.05, 3.63) is 11.9 Å². The summed E-state index contributed by atoms with van der Waals surface area (Å²) in [4.78, 5) is 0. The van der Waals surface area contributed by atoms with Crippen LogP contribution in [-0.4, -0.2) is 29.9 Å². The molecule has 13 heavy (non-hydrogen) atoms. The molecule has 0 spiro atoms. The molecule has 0 saturated heterocycles. The molecule has 0 aromatic rings. The fourth-order valence-corrected chi connectivity index (χ4v) is 0.641. The van der Waals surface area contributed by atoms with E-state index in [4.69, 9.17) is 5.11 Å². The Balaban J connectivity index is 0. The summed E-state index contributed by atoms with van der Waals surface area (Å²) >= 11 is 0. The van der Waals surface area contributed by atoms with E-state index in [-0.39, 0.29) is 35.6 Å². The van der Waals surface area contributed by atoms with Crippen molar-refractivity contribution in [3.63, 3.8) is 0 Å². The van der Waals surface area contributed by atoms with Crippen LogP contribution in [0.4, 0.5) is 13.2 Å².